The minimum atomic E-state index is -0.330. The number of ether oxygens (including phenoxy) is 1. The molecule has 1 aromatic carbocycles. The molecular weight excluding hydrogens is 360 g/mol. The normalized spacial score (nSPS) is 10.4. The van der Waals surface area contributed by atoms with Gasteiger partial charge >= 0.3 is 5.97 Å². The molecule has 0 aliphatic heterocycles. The van der Waals surface area contributed by atoms with E-state index in [1.54, 1.807) is 37.4 Å². The Hall–Kier alpha value is -2.12. The maximum Gasteiger partial charge on any atom is 0.338 e. The van der Waals surface area contributed by atoms with Crippen molar-refractivity contribution in [3.63, 3.8) is 0 Å². The van der Waals surface area contributed by atoms with Crippen LogP contribution in [0.5, 0.6) is 0 Å². The van der Waals surface area contributed by atoms with Crippen LogP contribution in [-0.2, 0) is 11.3 Å². The van der Waals surface area contributed by atoms with Crippen molar-refractivity contribution in [2.45, 2.75) is 26.8 Å². The van der Waals surface area contributed by atoms with Crippen LogP contribution in [-0.4, -0.2) is 34.0 Å². The van der Waals surface area contributed by atoms with Crippen molar-refractivity contribution in [2.75, 3.05) is 18.5 Å². The lowest BCUT2D eigenvalue weighted by molar-refractivity contribution is 0.0526. The molecule has 1 heterocycles. The molecule has 2 N–H and O–H groups in total. The predicted molar refractivity (Wildman–Crippen MR) is 103 cm³/mol. The Kier molecular flexibility index (Phi) is 7.21. The second-order valence-corrected chi connectivity index (χ2v) is 6.15. The van der Waals surface area contributed by atoms with Gasteiger partial charge < -0.3 is 15.4 Å². The van der Waals surface area contributed by atoms with E-state index in [0.717, 1.165) is 24.3 Å². The first-order chi connectivity index (χ1) is 12.0. The van der Waals surface area contributed by atoms with E-state index < -0.39 is 0 Å². The van der Waals surface area contributed by atoms with Crippen LogP contribution >= 0.6 is 23.8 Å². The number of esters is 1. The summed E-state index contributed by atoms with van der Waals surface area (Å²) in [5.74, 6) is -0.330. The average Bonchev–Trinajstić information content (AvgIpc) is 2.91. The van der Waals surface area contributed by atoms with E-state index >= 15 is 0 Å². The number of rotatable bonds is 7. The van der Waals surface area contributed by atoms with Crippen LogP contribution in [0.4, 0.5) is 5.69 Å². The summed E-state index contributed by atoms with van der Waals surface area (Å²) in [4.78, 5) is 11.6. The summed E-state index contributed by atoms with van der Waals surface area (Å²) in [6.45, 7) is 5.55. The van der Waals surface area contributed by atoms with Crippen molar-refractivity contribution in [3.05, 3.63) is 46.7 Å². The fraction of sp³-hybridized carbons (Fsp3) is 0.353. The van der Waals surface area contributed by atoms with E-state index in [-0.39, 0.29) is 5.97 Å². The zero-order valence-corrected chi connectivity index (χ0v) is 15.8. The average molecular weight is 381 g/mol. The third kappa shape index (κ3) is 5.72. The molecule has 2 aromatic rings. The number of nitrogens with zero attached hydrogens (tertiary/aromatic N) is 2. The highest BCUT2D eigenvalue weighted by Gasteiger charge is 2.06. The van der Waals surface area contributed by atoms with Crippen molar-refractivity contribution in [1.82, 2.24) is 15.1 Å². The van der Waals surface area contributed by atoms with E-state index in [1.165, 1.54) is 0 Å². The van der Waals surface area contributed by atoms with Crippen molar-refractivity contribution < 1.29 is 9.53 Å². The Morgan fingerprint density at radius 2 is 2.08 bits per heavy atom. The predicted octanol–water partition coefficient (Wildman–Crippen LogP) is 3.40. The van der Waals surface area contributed by atoms with E-state index in [0.29, 0.717) is 28.9 Å². The molecule has 0 radical (unpaired) electrons. The Balaban J connectivity index is 1.73. The van der Waals surface area contributed by atoms with E-state index in [4.69, 9.17) is 28.6 Å². The highest BCUT2D eigenvalue weighted by atomic mass is 35.5. The zero-order valence-electron chi connectivity index (χ0n) is 14.2. The molecule has 2 rings (SSSR count). The topological polar surface area (TPSA) is 68.2 Å². The lowest BCUT2D eigenvalue weighted by Gasteiger charge is -2.11. The molecule has 0 aliphatic rings. The smallest absolute Gasteiger partial charge is 0.338 e. The molecule has 0 aliphatic carbocycles. The number of aryl methyl sites for hydroxylation is 1. The Labute approximate surface area is 157 Å². The minimum absolute atomic E-state index is 0.330. The van der Waals surface area contributed by atoms with Crippen LogP contribution in [0.2, 0.25) is 5.02 Å². The van der Waals surface area contributed by atoms with Crippen molar-refractivity contribution in [2.24, 2.45) is 0 Å². The molecule has 0 saturated carbocycles. The maximum atomic E-state index is 11.6. The van der Waals surface area contributed by atoms with Gasteiger partial charge in [-0.25, -0.2) is 4.79 Å². The standard InChI is InChI=1S/C17H21ClN4O2S/c1-3-24-16(23)13-5-7-14(8-6-13)21-17(25)19-9-4-10-22-12(2)15(18)11-20-22/h5-8,11H,3-4,9-10H2,1-2H3,(H2,19,21,25). The van der Waals surface area contributed by atoms with Crippen LogP contribution in [0.15, 0.2) is 30.5 Å². The number of carbonyl (C=O) groups excluding carboxylic acids is 1. The molecule has 0 fully saturated rings. The van der Waals surface area contributed by atoms with E-state index in [2.05, 4.69) is 15.7 Å². The molecule has 25 heavy (non-hydrogen) atoms. The van der Waals surface area contributed by atoms with Gasteiger partial charge in [0.1, 0.15) is 0 Å². The van der Waals surface area contributed by atoms with E-state index in [1.807, 2.05) is 11.6 Å². The minimum Gasteiger partial charge on any atom is -0.462 e. The second kappa shape index (κ2) is 9.39. The van der Waals surface area contributed by atoms with Gasteiger partial charge in [-0.15, -0.1) is 0 Å². The number of carbonyl (C=O) groups is 1. The number of nitrogens with one attached hydrogen (secondary N) is 2. The molecule has 0 unspecified atom stereocenters. The molecule has 1 aromatic heterocycles. The molecule has 0 bridgehead atoms. The number of hydrogen-bond acceptors (Lipinski definition) is 4. The third-order valence-electron chi connectivity index (χ3n) is 3.53. The van der Waals surface area contributed by atoms with Gasteiger partial charge in [-0.1, -0.05) is 11.6 Å². The monoisotopic (exact) mass is 380 g/mol. The van der Waals surface area contributed by atoms with Gasteiger partial charge in [-0.3, -0.25) is 4.68 Å². The molecule has 0 atom stereocenters. The van der Waals surface area contributed by atoms with Gasteiger partial charge in [-0.2, -0.15) is 5.10 Å². The first-order valence-corrected chi connectivity index (χ1v) is 8.79. The van der Waals surface area contributed by atoms with Crippen LogP contribution in [0.3, 0.4) is 0 Å². The molecule has 8 heteroatoms. The summed E-state index contributed by atoms with van der Waals surface area (Å²) in [5.41, 5.74) is 2.28. The molecule has 0 saturated heterocycles. The first-order valence-electron chi connectivity index (χ1n) is 8.01. The number of anilines is 1. The molecule has 0 spiro atoms. The van der Waals surface area contributed by atoms with Crippen LogP contribution in [0.1, 0.15) is 29.4 Å². The van der Waals surface area contributed by atoms with Gasteiger partial charge in [-0.05, 0) is 56.8 Å². The number of benzene rings is 1. The SMILES string of the molecule is CCOC(=O)c1ccc(NC(=S)NCCCn2ncc(Cl)c2C)cc1. The largest absolute Gasteiger partial charge is 0.462 e. The van der Waals surface area contributed by atoms with Gasteiger partial charge in [0.05, 0.1) is 29.1 Å². The third-order valence-corrected chi connectivity index (χ3v) is 4.15. The first kappa shape index (κ1) is 19.2. The van der Waals surface area contributed by atoms with Crippen LogP contribution in [0, 0.1) is 6.92 Å². The Morgan fingerprint density at radius 3 is 2.68 bits per heavy atom. The molecular formula is C17H21ClN4O2S. The Bertz CT molecular complexity index is 731. The molecule has 0 amide bonds. The second-order valence-electron chi connectivity index (χ2n) is 5.33. The Morgan fingerprint density at radius 1 is 1.36 bits per heavy atom. The molecule has 6 nitrogen and oxygen atoms in total. The zero-order chi connectivity index (χ0) is 18.2. The van der Waals surface area contributed by atoms with Crippen molar-refractivity contribution >= 4 is 40.6 Å². The molecule has 134 valence electrons. The fourth-order valence-electron chi connectivity index (χ4n) is 2.16. The van der Waals surface area contributed by atoms with Crippen molar-refractivity contribution in [1.29, 1.82) is 0 Å². The summed E-state index contributed by atoms with van der Waals surface area (Å²) in [7, 11) is 0. The summed E-state index contributed by atoms with van der Waals surface area (Å²) in [5, 5.41) is 11.6. The lowest BCUT2D eigenvalue weighted by Crippen LogP contribution is -2.29. The number of hydrogen-bond donors (Lipinski definition) is 2. The van der Waals surface area contributed by atoms with Gasteiger partial charge in [0.25, 0.3) is 0 Å². The summed E-state index contributed by atoms with van der Waals surface area (Å²) >= 11 is 11.2. The van der Waals surface area contributed by atoms with Crippen LogP contribution < -0.4 is 10.6 Å². The van der Waals surface area contributed by atoms with Gasteiger partial charge in [0, 0.05) is 18.8 Å². The van der Waals surface area contributed by atoms with Crippen molar-refractivity contribution in [3.8, 4) is 0 Å². The van der Waals surface area contributed by atoms with Gasteiger partial charge in [0.2, 0.25) is 0 Å². The fourth-order valence-corrected chi connectivity index (χ4v) is 2.52. The highest BCUT2D eigenvalue weighted by Crippen LogP contribution is 2.13. The number of thiocarbonyl (C=S) groups is 1. The summed E-state index contributed by atoms with van der Waals surface area (Å²) in [6.07, 6.45) is 2.51. The summed E-state index contributed by atoms with van der Waals surface area (Å²) in [6, 6.07) is 6.98. The maximum absolute atomic E-state index is 11.6. The number of halogens is 1. The highest BCUT2D eigenvalue weighted by molar-refractivity contribution is 7.80. The van der Waals surface area contributed by atoms with E-state index in [9.17, 15) is 4.79 Å². The van der Waals surface area contributed by atoms with Gasteiger partial charge in [0.15, 0.2) is 5.11 Å². The number of aromatic nitrogens is 2. The van der Waals surface area contributed by atoms with Crippen LogP contribution in [0.25, 0.3) is 0 Å². The lowest BCUT2D eigenvalue weighted by atomic mass is 10.2. The quantitative estimate of drug-likeness (QED) is 0.436. The summed E-state index contributed by atoms with van der Waals surface area (Å²) < 4.78 is 6.82.